The van der Waals surface area contributed by atoms with Crippen molar-refractivity contribution in [2.24, 2.45) is 0 Å². The number of ether oxygens (including phenoxy) is 1. The number of hydrogen-bond acceptors (Lipinski definition) is 3. The van der Waals surface area contributed by atoms with E-state index in [4.69, 9.17) is 9.16 Å². The first-order chi connectivity index (χ1) is 19.3. The minimum atomic E-state index is -2.75. The fraction of sp³-hybridized carbons (Fsp3) is 0.457. The zero-order valence-corrected chi connectivity index (χ0v) is 26.2. The van der Waals surface area contributed by atoms with Crippen LogP contribution in [0.1, 0.15) is 78.7 Å². The summed E-state index contributed by atoms with van der Waals surface area (Å²) in [6.45, 7) is 12.0. The molecule has 3 aromatic carbocycles. The van der Waals surface area contributed by atoms with Crippen molar-refractivity contribution in [1.82, 2.24) is 5.32 Å². The highest BCUT2D eigenvalue weighted by molar-refractivity contribution is 6.99. The first-order valence-electron chi connectivity index (χ1n) is 15.0. The molecule has 0 saturated carbocycles. The smallest absolute Gasteiger partial charge is 0.261 e. The number of nitrogens with one attached hydrogen (secondary N) is 1. The van der Waals surface area contributed by atoms with Crippen molar-refractivity contribution >= 4 is 24.6 Å². The van der Waals surface area contributed by atoms with E-state index in [0.29, 0.717) is 19.6 Å². The van der Waals surface area contributed by atoms with Crippen molar-refractivity contribution in [2.45, 2.75) is 96.9 Å². The number of carbonyl (C=O) groups is 1. The Bertz CT molecular complexity index is 1080. The number of benzene rings is 3. The Morgan fingerprint density at radius 2 is 1.35 bits per heavy atom. The molecule has 0 spiro atoms. The molecule has 0 heterocycles. The highest BCUT2D eigenvalue weighted by atomic mass is 28.4. The molecule has 0 saturated heterocycles. The SMILES string of the molecule is CCCCCCC(=O)N[C@@H](CO[Si](c1ccccc1)(c1ccccc1)C(C)(C)C)[C@@H](CC)OCc1ccccc1. The van der Waals surface area contributed by atoms with E-state index in [9.17, 15) is 4.79 Å². The Kier molecular flexibility index (Phi) is 12.6. The van der Waals surface area contributed by atoms with Gasteiger partial charge in [0, 0.05) is 6.42 Å². The summed E-state index contributed by atoms with van der Waals surface area (Å²) in [6.07, 6.45) is 5.44. The van der Waals surface area contributed by atoms with Crippen LogP contribution in [0.15, 0.2) is 91.0 Å². The zero-order chi connectivity index (χ0) is 28.8. The normalized spacial score (nSPS) is 13.5. The zero-order valence-electron chi connectivity index (χ0n) is 25.2. The van der Waals surface area contributed by atoms with Crippen LogP contribution in [0, 0.1) is 0 Å². The maximum Gasteiger partial charge on any atom is 0.261 e. The second-order valence-electron chi connectivity index (χ2n) is 11.7. The predicted molar refractivity (Wildman–Crippen MR) is 170 cm³/mol. The van der Waals surface area contributed by atoms with Crippen LogP contribution in [-0.2, 0) is 20.6 Å². The molecular weight excluding hydrogens is 510 g/mol. The van der Waals surface area contributed by atoms with E-state index in [1.165, 1.54) is 10.4 Å². The van der Waals surface area contributed by atoms with E-state index in [-0.39, 0.29) is 23.1 Å². The molecule has 2 atom stereocenters. The molecular formula is C35H49NO3Si. The lowest BCUT2D eigenvalue weighted by molar-refractivity contribution is -0.123. The monoisotopic (exact) mass is 559 g/mol. The molecule has 0 radical (unpaired) electrons. The summed E-state index contributed by atoms with van der Waals surface area (Å²) in [5, 5.41) is 5.67. The fourth-order valence-corrected chi connectivity index (χ4v) is 10.1. The van der Waals surface area contributed by atoms with Gasteiger partial charge in [0.2, 0.25) is 5.91 Å². The summed E-state index contributed by atoms with van der Waals surface area (Å²) in [6, 6.07) is 31.3. The quantitative estimate of drug-likeness (QED) is 0.152. The largest absolute Gasteiger partial charge is 0.405 e. The van der Waals surface area contributed by atoms with Gasteiger partial charge in [-0.25, -0.2) is 0 Å². The Morgan fingerprint density at radius 3 is 1.85 bits per heavy atom. The van der Waals surface area contributed by atoms with Gasteiger partial charge in [-0.3, -0.25) is 4.79 Å². The lowest BCUT2D eigenvalue weighted by Gasteiger charge is -2.44. The van der Waals surface area contributed by atoms with Gasteiger partial charge in [-0.05, 0) is 33.8 Å². The molecule has 5 heteroatoms. The van der Waals surface area contributed by atoms with Gasteiger partial charge in [-0.2, -0.15) is 0 Å². The summed E-state index contributed by atoms with van der Waals surface area (Å²) >= 11 is 0. The Hall–Kier alpha value is -2.73. The summed E-state index contributed by atoms with van der Waals surface area (Å²) in [4.78, 5) is 13.2. The summed E-state index contributed by atoms with van der Waals surface area (Å²) in [7, 11) is -2.75. The molecule has 1 amide bonds. The second kappa shape index (κ2) is 15.9. The van der Waals surface area contributed by atoms with Gasteiger partial charge in [-0.1, -0.05) is 145 Å². The van der Waals surface area contributed by atoms with Crippen molar-refractivity contribution in [3.8, 4) is 0 Å². The van der Waals surface area contributed by atoms with Crippen LogP contribution in [0.25, 0.3) is 0 Å². The number of carbonyl (C=O) groups excluding carboxylic acids is 1. The van der Waals surface area contributed by atoms with E-state index < -0.39 is 8.32 Å². The molecule has 0 fully saturated rings. The van der Waals surface area contributed by atoms with Crippen LogP contribution in [0.5, 0.6) is 0 Å². The molecule has 0 bridgehead atoms. The third-order valence-electron chi connectivity index (χ3n) is 7.66. The summed E-state index contributed by atoms with van der Waals surface area (Å²) in [5.41, 5.74) is 1.12. The summed E-state index contributed by atoms with van der Waals surface area (Å²) in [5.74, 6) is 0.0777. The van der Waals surface area contributed by atoms with Gasteiger partial charge in [-0.15, -0.1) is 0 Å². The molecule has 0 aliphatic carbocycles. The van der Waals surface area contributed by atoms with Gasteiger partial charge in [0.15, 0.2) is 0 Å². The van der Waals surface area contributed by atoms with Crippen LogP contribution >= 0.6 is 0 Å². The predicted octanol–water partition coefficient (Wildman–Crippen LogP) is 7.01. The maximum absolute atomic E-state index is 13.2. The van der Waals surface area contributed by atoms with E-state index in [1.807, 2.05) is 18.2 Å². The molecule has 0 aromatic heterocycles. The highest BCUT2D eigenvalue weighted by Crippen LogP contribution is 2.37. The van der Waals surface area contributed by atoms with Gasteiger partial charge >= 0.3 is 0 Å². The molecule has 3 aromatic rings. The molecule has 4 nitrogen and oxygen atoms in total. The first kappa shape index (κ1) is 31.8. The van der Waals surface area contributed by atoms with Crippen LogP contribution < -0.4 is 15.7 Å². The molecule has 216 valence electrons. The second-order valence-corrected chi connectivity index (χ2v) is 16.0. The van der Waals surface area contributed by atoms with Crippen molar-refractivity contribution < 1.29 is 14.0 Å². The fourth-order valence-electron chi connectivity index (χ4n) is 5.51. The van der Waals surface area contributed by atoms with Crippen LogP contribution in [0.4, 0.5) is 0 Å². The third-order valence-corrected chi connectivity index (χ3v) is 12.7. The first-order valence-corrected chi connectivity index (χ1v) is 16.9. The highest BCUT2D eigenvalue weighted by Gasteiger charge is 2.50. The van der Waals surface area contributed by atoms with E-state index in [1.54, 1.807) is 0 Å². The van der Waals surface area contributed by atoms with Crippen molar-refractivity contribution in [2.75, 3.05) is 6.61 Å². The van der Waals surface area contributed by atoms with Crippen molar-refractivity contribution in [3.63, 3.8) is 0 Å². The Labute approximate surface area is 243 Å². The molecule has 0 aliphatic rings. The number of hydrogen-bond donors (Lipinski definition) is 1. The average molecular weight is 560 g/mol. The Morgan fingerprint density at radius 1 is 0.800 bits per heavy atom. The van der Waals surface area contributed by atoms with Crippen molar-refractivity contribution in [1.29, 1.82) is 0 Å². The van der Waals surface area contributed by atoms with E-state index >= 15 is 0 Å². The maximum atomic E-state index is 13.2. The molecule has 0 unspecified atom stereocenters. The van der Waals surface area contributed by atoms with Crippen LogP contribution in [0.2, 0.25) is 5.04 Å². The van der Waals surface area contributed by atoms with Crippen LogP contribution in [0.3, 0.4) is 0 Å². The van der Waals surface area contributed by atoms with E-state index in [2.05, 4.69) is 113 Å². The number of amides is 1. The molecule has 0 aliphatic heterocycles. The Balaban J connectivity index is 1.92. The van der Waals surface area contributed by atoms with Gasteiger partial charge in [0.1, 0.15) is 0 Å². The van der Waals surface area contributed by atoms with Gasteiger partial charge < -0.3 is 14.5 Å². The van der Waals surface area contributed by atoms with Gasteiger partial charge in [0.25, 0.3) is 8.32 Å². The van der Waals surface area contributed by atoms with E-state index in [0.717, 1.165) is 37.7 Å². The van der Waals surface area contributed by atoms with Gasteiger partial charge in [0.05, 0.1) is 25.4 Å². The van der Waals surface area contributed by atoms with Crippen molar-refractivity contribution in [3.05, 3.63) is 96.6 Å². The number of unbranched alkanes of at least 4 members (excludes halogenated alkanes) is 3. The molecule has 40 heavy (non-hydrogen) atoms. The minimum absolute atomic E-state index is 0.0777. The third kappa shape index (κ3) is 8.63. The lowest BCUT2D eigenvalue weighted by atomic mass is 10.1. The molecule has 1 N–H and O–H groups in total. The summed E-state index contributed by atoms with van der Waals surface area (Å²) < 4.78 is 13.7. The standard InChI is InChI=1S/C35H49NO3Si/c1-6-8-9-19-26-34(37)36-32(33(7-2)38-27-29-20-13-10-14-21-29)28-39-40(35(3,4)5,30-22-15-11-16-23-30)31-24-17-12-18-25-31/h10-18,20-25,32-33H,6-9,19,26-28H2,1-5H3,(H,36,37)/t32-,33+/m0/s1. The minimum Gasteiger partial charge on any atom is -0.405 e. The topological polar surface area (TPSA) is 47.6 Å². The average Bonchev–Trinajstić information content (AvgIpc) is 2.96. The van der Waals surface area contributed by atoms with Crippen LogP contribution in [-0.4, -0.2) is 33.0 Å². The lowest BCUT2D eigenvalue weighted by Crippen LogP contribution is -2.67. The molecule has 3 rings (SSSR count). The number of rotatable bonds is 16.